The van der Waals surface area contributed by atoms with E-state index >= 15 is 0 Å². The molecule has 0 saturated carbocycles. The molecule has 0 aliphatic rings. The molecular weight excluding hydrogens is 457 g/mol. The van der Waals surface area contributed by atoms with Gasteiger partial charge in [0.1, 0.15) is 21.7 Å². The van der Waals surface area contributed by atoms with Crippen LogP contribution in [-0.4, -0.2) is 56.2 Å². The molecule has 0 atom stereocenters. The first-order valence-corrected chi connectivity index (χ1v) is 11.0. The van der Waals surface area contributed by atoms with Crippen LogP contribution in [0.4, 0.5) is 5.13 Å². The lowest BCUT2D eigenvalue weighted by molar-refractivity contribution is 0.0984. The quantitative estimate of drug-likeness (QED) is 0.408. The van der Waals surface area contributed by atoms with Crippen LogP contribution in [0.15, 0.2) is 36.4 Å². The molecule has 0 saturated heterocycles. The van der Waals surface area contributed by atoms with E-state index in [9.17, 15) is 4.79 Å². The molecule has 168 valence electrons. The van der Waals surface area contributed by atoms with Gasteiger partial charge in [-0.1, -0.05) is 48.9 Å². The zero-order valence-corrected chi connectivity index (χ0v) is 20.4. The van der Waals surface area contributed by atoms with Gasteiger partial charge in [0.25, 0.3) is 5.91 Å². The fraction of sp³-hybridized carbons (Fsp3) is 0.364. The van der Waals surface area contributed by atoms with Crippen molar-refractivity contribution in [3.63, 3.8) is 0 Å². The van der Waals surface area contributed by atoms with E-state index in [2.05, 4.69) is 18.7 Å². The zero-order chi connectivity index (χ0) is 21.7. The van der Waals surface area contributed by atoms with Gasteiger partial charge in [-0.3, -0.25) is 9.69 Å². The molecular formula is C22H27Cl2N3O3S. The van der Waals surface area contributed by atoms with Crippen molar-refractivity contribution >= 4 is 56.6 Å². The number of amides is 1. The van der Waals surface area contributed by atoms with Crippen LogP contribution in [0.3, 0.4) is 0 Å². The van der Waals surface area contributed by atoms with Crippen LogP contribution in [0.5, 0.6) is 11.5 Å². The van der Waals surface area contributed by atoms with Crippen LogP contribution in [0, 0.1) is 0 Å². The van der Waals surface area contributed by atoms with Crippen molar-refractivity contribution < 1.29 is 14.3 Å². The van der Waals surface area contributed by atoms with E-state index in [0.29, 0.717) is 39.3 Å². The highest BCUT2D eigenvalue weighted by molar-refractivity contribution is 7.22. The van der Waals surface area contributed by atoms with Crippen LogP contribution in [0.2, 0.25) is 5.02 Å². The molecule has 2 aromatic carbocycles. The predicted molar refractivity (Wildman–Crippen MR) is 131 cm³/mol. The van der Waals surface area contributed by atoms with Crippen molar-refractivity contribution in [3.05, 3.63) is 47.0 Å². The molecule has 0 N–H and O–H groups in total. The summed E-state index contributed by atoms with van der Waals surface area (Å²) >= 11 is 7.74. The third-order valence-electron chi connectivity index (χ3n) is 5.01. The lowest BCUT2D eigenvalue weighted by Crippen LogP contribution is -2.39. The molecule has 0 fully saturated rings. The molecule has 3 aromatic rings. The third kappa shape index (κ3) is 5.41. The average Bonchev–Trinajstić information content (AvgIpc) is 3.21. The van der Waals surface area contributed by atoms with Crippen LogP contribution in [-0.2, 0) is 0 Å². The number of rotatable bonds is 9. The molecule has 6 nitrogen and oxygen atoms in total. The van der Waals surface area contributed by atoms with Crippen molar-refractivity contribution in [1.29, 1.82) is 0 Å². The first-order chi connectivity index (χ1) is 14.5. The minimum atomic E-state index is -0.176. The van der Waals surface area contributed by atoms with Gasteiger partial charge in [0.15, 0.2) is 5.13 Å². The molecule has 0 bridgehead atoms. The topological polar surface area (TPSA) is 54.9 Å². The van der Waals surface area contributed by atoms with Gasteiger partial charge < -0.3 is 14.4 Å². The smallest absolute Gasteiger partial charge is 0.261 e. The second-order valence-electron chi connectivity index (χ2n) is 6.61. The summed E-state index contributed by atoms with van der Waals surface area (Å²) < 4.78 is 11.8. The highest BCUT2D eigenvalue weighted by Crippen LogP contribution is 2.40. The predicted octanol–water partition coefficient (Wildman–Crippen LogP) is 5.38. The van der Waals surface area contributed by atoms with Gasteiger partial charge in [0, 0.05) is 13.1 Å². The number of benzene rings is 2. The molecule has 0 radical (unpaired) electrons. The fourth-order valence-corrected chi connectivity index (χ4v) is 4.55. The summed E-state index contributed by atoms with van der Waals surface area (Å²) in [6.45, 7) is 7.26. The number of hydrogen-bond acceptors (Lipinski definition) is 6. The number of ether oxygens (including phenoxy) is 2. The Morgan fingerprint density at radius 3 is 2.29 bits per heavy atom. The number of fused-ring (bicyclic) bond motifs is 1. The van der Waals surface area contributed by atoms with Gasteiger partial charge in [-0.2, -0.15) is 0 Å². The minimum absolute atomic E-state index is 0. The summed E-state index contributed by atoms with van der Waals surface area (Å²) in [5, 5.41) is 1.01. The summed E-state index contributed by atoms with van der Waals surface area (Å²) in [6.07, 6.45) is 0. The number of likely N-dealkylation sites (N-methyl/N-ethyl adjacent to an activating group) is 1. The Balaban J connectivity index is 0.00000341. The van der Waals surface area contributed by atoms with Gasteiger partial charge in [-0.15, -0.1) is 12.4 Å². The maximum atomic E-state index is 13.5. The summed E-state index contributed by atoms with van der Waals surface area (Å²) in [7, 11) is 3.22. The maximum absolute atomic E-state index is 13.5. The van der Waals surface area contributed by atoms with Crippen molar-refractivity contribution in [1.82, 2.24) is 9.88 Å². The second kappa shape index (κ2) is 11.5. The first-order valence-electron chi connectivity index (χ1n) is 9.84. The Morgan fingerprint density at radius 2 is 1.68 bits per heavy atom. The average molecular weight is 484 g/mol. The number of thiazole rings is 1. The van der Waals surface area contributed by atoms with E-state index in [1.54, 1.807) is 31.3 Å². The number of nitrogens with zero attached hydrogens (tertiary/aromatic N) is 3. The molecule has 9 heteroatoms. The molecule has 3 rings (SSSR count). The lowest BCUT2D eigenvalue weighted by Gasteiger charge is -2.25. The number of hydrogen-bond donors (Lipinski definition) is 0. The van der Waals surface area contributed by atoms with Gasteiger partial charge >= 0.3 is 0 Å². The van der Waals surface area contributed by atoms with Crippen LogP contribution in [0.25, 0.3) is 10.2 Å². The summed E-state index contributed by atoms with van der Waals surface area (Å²) in [5.41, 5.74) is 1.13. The van der Waals surface area contributed by atoms with E-state index in [0.717, 1.165) is 24.3 Å². The molecule has 0 aliphatic carbocycles. The fourth-order valence-electron chi connectivity index (χ4n) is 3.24. The van der Waals surface area contributed by atoms with Gasteiger partial charge in [-0.05, 0) is 37.4 Å². The van der Waals surface area contributed by atoms with E-state index < -0.39 is 0 Å². The van der Waals surface area contributed by atoms with Crippen molar-refractivity contribution in [3.8, 4) is 11.5 Å². The SMILES string of the molecule is CCN(CC)CCN(C(=O)c1ccccc1Cl)c1nc2c(OC)ccc(OC)c2s1.Cl. The summed E-state index contributed by atoms with van der Waals surface area (Å²) in [5.74, 6) is 1.16. The summed E-state index contributed by atoms with van der Waals surface area (Å²) in [6, 6.07) is 10.8. The number of methoxy groups -OCH3 is 2. The van der Waals surface area contributed by atoms with E-state index in [4.69, 9.17) is 26.1 Å². The van der Waals surface area contributed by atoms with Gasteiger partial charge in [-0.25, -0.2) is 4.98 Å². The van der Waals surface area contributed by atoms with Crippen LogP contribution >= 0.6 is 35.3 Å². The number of carbonyl (C=O) groups excluding carboxylic acids is 1. The molecule has 1 aromatic heterocycles. The normalized spacial score (nSPS) is 10.8. The van der Waals surface area contributed by atoms with Crippen molar-refractivity contribution in [2.24, 2.45) is 0 Å². The molecule has 0 aliphatic heterocycles. The van der Waals surface area contributed by atoms with Crippen molar-refractivity contribution in [2.45, 2.75) is 13.8 Å². The zero-order valence-electron chi connectivity index (χ0n) is 18.1. The lowest BCUT2D eigenvalue weighted by atomic mass is 10.2. The van der Waals surface area contributed by atoms with Gasteiger partial charge in [0.05, 0.1) is 24.8 Å². The molecule has 1 heterocycles. The Hall–Kier alpha value is -2.06. The Morgan fingerprint density at radius 1 is 1.03 bits per heavy atom. The first kappa shape index (κ1) is 25.2. The minimum Gasteiger partial charge on any atom is -0.495 e. The van der Waals surface area contributed by atoms with Gasteiger partial charge in [0.2, 0.25) is 0 Å². The molecule has 1 amide bonds. The standard InChI is InChI=1S/C22H26ClN3O3S.ClH/c1-5-25(6-2)13-14-26(21(27)15-9-7-8-10-16(15)23)22-24-19-17(28-3)11-12-18(29-4)20(19)30-22;/h7-12H,5-6,13-14H2,1-4H3;1H. The monoisotopic (exact) mass is 483 g/mol. The number of aromatic nitrogens is 1. The van der Waals surface area contributed by atoms with E-state index in [-0.39, 0.29) is 18.3 Å². The second-order valence-corrected chi connectivity index (χ2v) is 7.99. The largest absolute Gasteiger partial charge is 0.495 e. The Bertz CT molecular complexity index is 983. The molecule has 0 unspecified atom stereocenters. The number of anilines is 1. The van der Waals surface area contributed by atoms with E-state index in [1.165, 1.54) is 11.3 Å². The molecule has 0 spiro atoms. The highest BCUT2D eigenvalue weighted by Gasteiger charge is 2.25. The number of carbonyl (C=O) groups is 1. The van der Waals surface area contributed by atoms with Crippen LogP contribution < -0.4 is 14.4 Å². The molecule has 31 heavy (non-hydrogen) atoms. The van der Waals surface area contributed by atoms with E-state index in [1.807, 2.05) is 24.3 Å². The number of halogens is 2. The third-order valence-corrected chi connectivity index (χ3v) is 6.44. The Kier molecular flexibility index (Phi) is 9.37. The maximum Gasteiger partial charge on any atom is 0.261 e. The highest BCUT2D eigenvalue weighted by atomic mass is 35.5. The van der Waals surface area contributed by atoms with Crippen LogP contribution in [0.1, 0.15) is 24.2 Å². The van der Waals surface area contributed by atoms with Crippen molar-refractivity contribution in [2.75, 3.05) is 45.3 Å². The Labute approximate surface area is 198 Å². The summed E-state index contributed by atoms with van der Waals surface area (Å²) in [4.78, 5) is 22.2.